The van der Waals surface area contributed by atoms with Gasteiger partial charge in [0.1, 0.15) is 17.8 Å². The lowest BCUT2D eigenvalue weighted by molar-refractivity contribution is -0.132. The summed E-state index contributed by atoms with van der Waals surface area (Å²) < 4.78 is 6.04. The molecule has 12 nitrogen and oxygen atoms in total. The molecule has 3 amide bonds. The lowest BCUT2D eigenvalue weighted by Crippen LogP contribution is -2.60. The Morgan fingerprint density at radius 1 is 0.941 bits per heavy atom. The molecule has 1 aliphatic rings. The molecule has 1 saturated heterocycles. The number of likely N-dealkylation sites (tertiary alicyclic amines) is 1. The van der Waals surface area contributed by atoms with E-state index in [0.29, 0.717) is 31.3 Å². The van der Waals surface area contributed by atoms with Crippen LogP contribution in [0.25, 0.3) is 10.9 Å². The maximum atomic E-state index is 13.9. The number of aromatic nitrogens is 3. The number of benzene rings is 2. The minimum Gasteiger partial charge on any atom is -0.460 e. The quantitative estimate of drug-likeness (QED) is 0.164. The van der Waals surface area contributed by atoms with Gasteiger partial charge in [-0.3, -0.25) is 19.3 Å². The second kappa shape index (κ2) is 16.8. The topological polar surface area (TPSA) is 159 Å². The molecule has 4 aromatic rings. The van der Waals surface area contributed by atoms with Gasteiger partial charge < -0.3 is 25.8 Å². The summed E-state index contributed by atoms with van der Waals surface area (Å²) in [6, 6.07) is 20.3. The molecule has 4 N–H and O–H groups in total. The van der Waals surface area contributed by atoms with Gasteiger partial charge in [-0.05, 0) is 63.3 Å². The third-order valence-corrected chi connectivity index (χ3v) is 8.86. The van der Waals surface area contributed by atoms with Crippen LogP contribution >= 0.6 is 0 Å². The zero-order valence-electron chi connectivity index (χ0n) is 30.0. The molecule has 0 spiro atoms. The van der Waals surface area contributed by atoms with Gasteiger partial charge in [-0.15, -0.1) is 0 Å². The fraction of sp³-hybridized carbons (Fsp3) is 0.436. The summed E-state index contributed by atoms with van der Waals surface area (Å²) in [5.74, 6) is -1.32. The maximum Gasteiger partial charge on any atom is 0.316 e. The van der Waals surface area contributed by atoms with Crippen molar-refractivity contribution in [2.24, 2.45) is 5.92 Å². The van der Waals surface area contributed by atoms with Crippen LogP contribution < -0.4 is 20.7 Å². The smallest absolute Gasteiger partial charge is 0.316 e. The number of carbonyl (C=O) groups is 3. The maximum absolute atomic E-state index is 13.9. The number of para-hydroxylation sites is 1. The molecule has 2 aromatic heterocycles. The number of pyridine rings is 1. The fourth-order valence-corrected chi connectivity index (χ4v) is 6.26. The summed E-state index contributed by atoms with van der Waals surface area (Å²) in [6.07, 6.45) is 3.14. The van der Waals surface area contributed by atoms with Crippen molar-refractivity contribution >= 4 is 28.6 Å². The van der Waals surface area contributed by atoms with Crippen molar-refractivity contribution in [3.63, 3.8) is 0 Å². The van der Waals surface area contributed by atoms with Gasteiger partial charge in [-0.1, -0.05) is 68.4 Å². The Morgan fingerprint density at radius 3 is 2.35 bits per heavy atom. The molecule has 5 atom stereocenters. The highest BCUT2D eigenvalue weighted by atomic mass is 16.5. The number of aliphatic hydroxyl groups excluding tert-OH is 1. The molecular formula is C39H49N7O5. The summed E-state index contributed by atoms with van der Waals surface area (Å²) in [5.41, 5.74) is 1.34. The van der Waals surface area contributed by atoms with Crippen LogP contribution in [0.1, 0.15) is 63.5 Å². The number of aliphatic hydroxyl groups is 1. The van der Waals surface area contributed by atoms with E-state index in [1.165, 1.54) is 0 Å². The largest absolute Gasteiger partial charge is 0.460 e. The van der Waals surface area contributed by atoms with Crippen LogP contribution in [0.5, 0.6) is 6.01 Å². The van der Waals surface area contributed by atoms with E-state index in [9.17, 15) is 19.5 Å². The first-order chi connectivity index (χ1) is 24.4. The third kappa shape index (κ3) is 10.5. The molecule has 1 fully saturated rings. The zero-order chi connectivity index (χ0) is 36.5. The summed E-state index contributed by atoms with van der Waals surface area (Å²) in [6.45, 7) is 10.1. The second-order valence-corrected chi connectivity index (χ2v) is 14.5. The van der Waals surface area contributed by atoms with Crippen LogP contribution in [0, 0.1) is 5.92 Å². The van der Waals surface area contributed by atoms with Crippen molar-refractivity contribution in [2.45, 2.75) is 89.8 Å². The Kier molecular flexibility index (Phi) is 12.3. The van der Waals surface area contributed by atoms with E-state index < -0.39 is 41.6 Å². The van der Waals surface area contributed by atoms with E-state index in [0.717, 1.165) is 10.9 Å². The predicted molar refractivity (Wildman–Crippen MR) is 195 cm³/mol. The molecule has 3 heterocycles. The number of amides is 3. The van der Waals surface area contributed by atoms with Gasteiger partial charge >= 0.3 is 6.01 Å². The van der Waals surface area contributed by atoms with Crippen molar-refractivity contribution in [1.82, 2.24) is 35.8 Å². The van der Waals surface area contributed by atoms with Crippen LogP contribution in [-0.4, -0.2) is 91.6 Å². The van der Waals surface area contributed by atoms with Crippen molar-refractivity contribution in [3.05, 3.63) is 96.4 Å². The van der Waals surface area contributed by atoms with E-state index in [-0.39, 0.29) is 36.2 Å². The number of ether oxygens (including phenoxy) is 1. The number of hydrogen-bond donors (Lipinski definition) is 4. The van der Waals surface area contributed by atoms with Crippen LogP contribution in [0.15, 0.2) is 85.2 Å². The first-order valence-electron chi connectivity index (χ1n) is 17.5. The van der Waals surface area contributed by atoms with Crippen LogP contribution in [0.2, 0.25) is 0 Å². The monoisotopic (exact) mass is 695 g/mol. The van der Waals surface area contributed by atoms with E-state index >= 15 is 0 Å². The second-order valence-electron chi connectivity index (χ2n) is 14.5. The molecule has 0 bridgehead atoms. The number of nitrogens with one attached hydrogen (secondary N) is 3. The van der Waals surface area contributed by atoms with Gasteiger partial charge in [0.2, 0.25) is 11.8 Å². The number of fused-ring (bicyclic) bond motifs is 1. The number of β-amino-alcohol motifs (C(OH)–C–C–N with tert-alkyl or cyclic N) is 1. The Hall–Kier alpha value is -4.94. The highest BCUT2D eigenvalue weighted by molar-refractivity contribution is 5.98. The molecule has 1 aliphatic heterocycles. The number of nitrogens with zero attached hydrogens (tertiary/aromatic N) is 4. The molecule has 2 aromatic carbocycles. The third-order valence-electron chi connectivity index (χ3n) is 8.86. The standard InChI is InChI=1S/C39H49N7O5/c1-25(2)34(44-35(48)30-17-16-27-14-9-10-15-29(27)42-30)37(50)43-31(22-26-12-7-6-8-13-26)33(47)24-46-21-18-28(51-38-40-19-11-20-41-38)23-32(46)36(49)45-39(3,4)5/h6-17,19-20,25,28,31-34,47H,18,21-24H2,1-5H3,(H,43,50)(H,44,48)(H,45,49)/t28-,31+,32+,33-,34+/m1/s1. The number of hydrogen-bond acceptors (Lipinski definition) is 9. The van der Waals surface area contributed by atoms with Crippen LogP contribution in [-0.2, 0) is 16.0 Å². The van der Waals surface area contributed by atoms with E-state index in [4.69, 9.17) is 4.74 Å². The fourth-order valence-electron chi connectivity index (χ4n) is 6.26. The summed E-state index contributed by atoms with van der Waals surface area (Å²) in [5, 5.41) is 21.8. The molecule has 270 valence electrons. The zero-order valence-corrected chi connectivity index (χ0v) is 30.0. The SMILES string of the molecule is CC(C)[C@H](NC(=O)c1ccc2ccccc2n1)C(=O)N[C@@H](Cc1ccccc1)[C@H](O)CN1CC[C@@H](Oc2ncccn2)C[C@H]1C(=O)NC(C)(C)C. The highest BCUT2D eigenvalue weighted by Crippen LogP contribution is 2.23. The summed E-state index contributed by atoms with van der Waals surface area (Å²) >= 11 is 0. The first-order valence-corrected chi connectivity index (χ1v) is 17.5. The average molecular weight is 696 g/mol. The Balaban J connectivity index is 1.33. The Bertz CT molecular complexity index is 1770. The number of carbonyl (C=O) groups excluding carboxylic acids is 3. The molecule has 12 heteroatoms. The molecule has 0 aliphatic carbocycles. The number of piperidine rings is 1. The van der Waals surface area contributed by atoms with Crippen molar-refractivity contribution in [1.29, 1.82) is 0 Å². The van der Waals surface area contributed by atoms with Crippen LogP contribution in [0.4, 0.5) is 0 Å². The van der Waals surface area contributed by atoms with Gasteiger partial charge in [-0.2, -0.15) is 0 Å². The van der Waals surface area contributed by atoms with Gasteiger partial charge in [0.15, 0.2) is 0 Å². The first kappa shape index (κ1) is 37.3. The van der Waals surface area contributed by atoms with Crippen molar-refractivity contribution in [3.8, 4) is 6.01 Å². The van der Waals surface area contributed by atoms with Crippen LogP contribution in [0.3, 0.4) is 0 Å². The minimum atomic E-state index is -1.06. The Morgan fingerprint density at radius 2 is 1.65 bits per heavy atom. The molecular weight excluding hydrogens is 646 g/mol. The van der Waals surface area contributed by atoms with Crippen molar-refractivity contribution < 1.29 is 24.2 Å². The van der Waals surface area contributed by atoms with E-state index in [2.05, 4.69) is 30.9 Å². The molecule has 0 radical (unpaired) electrons. The summed E-state index contributed by atoms with van der Waals surface area (Å²) in [4.78, 5) is 55.8. The normalized spacial score (nSPS) is 18.4. The van der Waals surface area contributed by atoms with Gasteiger partial charge in [-0.25, -0.2) is 15.0 Å². The highest BCUT2D eigenvalue weighted by Gasteiger charge is 2.38. The molecule has 0 saturated carbocycles. The molecule has 5 rings (SSSR count). The predicted octanol–water partition coefficient (Wildman–Crippen LogP) is 3.69. The minimum absolute atomic E-state index is 0.119. The van der Waals surface area contributed by atoms with Crippen molar-refractivity contribution in [2.75, 3.05) is 13.1 Å². The van der Waals surface area contributed by atoms with Gasteiger partial charge in [0.25, 0.3) is 5.91 Å². The lowest BCUT2D eigenvalue weighted by Gasteiger charge is -2.41. The van der Waals surface area contributed by atoms with Gasteiger partial charge in [0.05, 0.1) is 23.7 Å². The number of rotatable bonds is 13. The summed E-state index contributed by atoms with van der Waals surface area (Å²) in [7, 11) is 0. The lowest BCUT2D eigenvalue weighted by atomic mass is 9.94. The van der Waals surface area contributed by atoms with Gasteiger partial charge in [0, 0.05) is 42.8 Å². The molecule has 0 unspecified atom stereocenters. The Labute approximate surface area is 299 Å². The van der Waals surface area contributed by atoms with E-state index in [1.807, 2.05) is 100 Å². The van der Waals surface area contributed by atoms with E-state index in [1.54, 1.807) is 24.5 Å². The average Bonchev–Trinajstić information content (AvgIpc) is 3.10. The molecule has 51 heavy (non-hydrogen) atoms.